The Morgan fingerprint density at radius 3 is 1.70 bits per heavy atom. The van der Waals surface area contributed by atoms with E-state index in [-0.39, 0.29) is 6.10 Å². The van der Waals surface area contributed by atoms with E-state index in [0.717, 1.165) is 30.9 Å². The Morgan fingerprint density at radius 1 is 0.600 bits per heavy atom. The molecular formula is C28H42O2. The molecule has 166 valence electrons. The number of rotatable bonds is 16. The zero-order valence-electron chi connectivity index (χ0n) is 19.5. The Labute approximate surface area is 185 Å². The fraction of sp³-hybridized carbons (Fsp3) is 0.571. The smallest absolute Gasteiger partial charge is 0.119 e. The number of ether oxygens (including phenoxy) is 2. The van der Waals surface area contributed by atoms with Crippen LogP contribution in [-0.4, -0.2) is 12.7 Å². The van der Waals surface area contributed by atoms with Crippen molar-refractivity contribution in [1.82, 2.24) is 0 Å². The summed E-state index contributed by atoms with van der Waals surface area (Å²) in [6.07, 6.45) is 14.3. The molecule has 0 fully saturated rings. The molecule has 0 spiro atoms. The van der Waals surface area contributed by atoms with E-state index in [4.69, 9.17) is 9.47 Å². The summed E-state index contributed by atoms with van der Waals surface area (Å²) in [6, 6.07) is 16.9. The summed E-state index contributed by atoms with van der Waals surface area (Å²) in [5.41, 5.74) is 2.42. The van der Waals surface area contributed by atoms with Crippen molar-refractivity contribution in [1.29, 1.82) is 0 Å². The van der Waals surface area contributed by atoms with Crippen molar-refractivity contribution < 1.29 is 9.47 Å². The number of unbranched alkanes of at least 4 members (excludes halogenated alkanes) is 8. The van der Waals surface area contributed by atoms with E-state index >= 15 is 0 Å². The molecule has 0 amide bonds. The van der Waals surface area contributed by atoms with Gasteiger partial charge in [-0.15, -0.1) is 0 Å². The molecule has 30 heavy (non-hydrogen) atoms. The maximum Gasteiger partial charge on any atom is 0.119 e. The van der Waals surface area contributed by atoms with Gasteiger partial charge in [0.25, 0.3) is 0 Å². The Bertz CT molecular complexity index is 660. The summed E-state index contributed by atoms with van der Waals surface area (Å²) in [5.74, 6) is 1.92. The van der Waals surface area contributed by atoms with Crippen molar-refractivity contribution in [2.24, 2.45) is 0 Å². The third-order valence-corrected chi connectivity index (χ3v) is 5.61. The molecule has 0 N–H and O–H groups in total. The van der Waals surface area contributed by atoms with Gasteiger partial charge >= 0.3 is 0 Å². The number of hydrogen-bond acceptors (Lipinski definition) is 2. The Kier molecular flexibility index (Phi) is 12.1. The maximum absolute atomic E-state index is 6.07. The van der Waals surface area contributed by atoms with Crippen molar-refractivity contribution in [3.8, 4) is 22.6 Å². The third kappa shape index (κ3) is 9.69. The summed E-state index contributed by atoms with van der Waals surface area (Å²) in [5, 5.41) is 0. The molecule has 0 radical (unpaired) electrons. The molecule has 0 aliphatic carbocycles. The van der Waals surface area contributed by atoms with Crippen molar-refractivity contribution in [2.45, 2.75) is 97.5 Å². The van der Waals surface area contributed by atoms with E-state index in [1.54, 1.807) is 0 Å². The molecule has 1 unspecified atom stereocenters. The van der Waals surface area contributed by atoms with Crippen LogP contribution in [0.5, 0.6) is 11.5 Å². The van der Waals surface area contributed by atoms with Crippen LogP contribution in [0.2, 0.25) is 0 Å². The monoisotopic (exact) mass is 410 g/mol. The molecule has 0 saturated heterocycles. The molecule has 2 aromatic carbocycles. The van der Waals surface area contributed by atoms with Gasteiger partial charge in [-0.25, -0.2) is 0 Å². The lowest BCUT2D eigenvalue weighted by Gasteiger charge is -2.15. The van der Waals surface area contributed by atoms with Gasteiger partial charge in [0.1, 0.15) is 11.5 Å². The molecular weight excluding hydrogens is 368 g/mol. The highest BCUT2D eigenvalue weighted by Gasteiger charge is 2.05. The van der Waals surface area contributed by atoms with Crippen LogP contribution in [0.25, 0.3) is 11.1 Å². The second kappa shape index (κ2) is 14.9. The third-order valence-electron chi connectivity index (χ3n) is 5.61. The predicted octanol–water partition coefficient (Wildman–Crippen LogP) is 8.83. The lowest BCUT2D eigenvalue weighted by molar-refractivity contribution is 0.206. The molecule has 2 rings (SSSR count). The minimum atomic E-state index is 0.274. The number of benzene rings is 2. The van der Waals surface area contributed by atoms with Gasteiger partial charge in [0, 0.05) is 0 Å². The summed E-state index contributed by atoms with van der Waals surface area (Å²) >= 11 is 0. The highest BCUT2D eigenvalue weighted by Crippen LogP contribution is 2.25. The highest BCUT2D eigenvalue weighted by molar-refractivity contribution is 5.64. The average Bonchev–Trinajstić information content (AvgIpc) is 2.77. The first-order chi connectivity index (χ1) is 14.7. The van der Waals surface area contributed by atoms with Gasteiger partial charge in [0.2, 0.25) is 0 Å². The summed E-state index contributed by atoms with van der Waals surface area (Å²) in [6.45, 7) is 7.49. The molecule has 0 saturated carbocycles. The molecule has 1 atom stereocenters. The van der Waals surface area contributed by atoms with Gasteiger partial charge in [-0.3, -0.25) is 0 Å². The second-order valence-electron chi connectivity index (χ2n) is 8.44. The quantitative estimate of drug-likeness (QED) is 0.257. The first-order valence-corrected chi connectivity index (χ1v) is 12.2. The van der Waals surface area contributed by atoms with Crippen LogP contribution in [0, 0.1) is 0 Å². The van der Waals surface area contributed by atoms with E-state index in [1.165, 1.54) is 68.9 Å². The molecule has 0 aliphatic heterocycles. The highest BCUT2D eigenvalue weighted by atomic mass is 16.5. The standard InChI is InChI=1S/C28H42O2/c1-4-6-8-10-11-13-23-29-27-19-15-25(16-20-27)26-17-21-28(22-18-26)30-24(3)14-12-9-7-5-2/h15-22,24H,4-14,23H2,1-3H3. The largest absolute Gasteiger partial charge is 0.494 e. The lowest BCUT2D eigenvalue weighted by Crippen LogP contribution is -2.11. The molecule has 0 aliphatic rings. The predicted molar refractivity (Wildman–Crippen MR) is 130 cm³/mol. The van der Waals surface area contributed by atoms with Gasteiger partial charge in [-0.05, 0) is 61.6 Å². The van der Waals surface area contributed by atoms with Gasteiger partial charge in [0.15, 0.2) is 0 Å². The van der Waals surface area contributed by atoms with Gasteiger partial charge in [-0.1, -0.05) is 89.5 Å². The van der Waals surface area contributed by atoms with Crippen molar-refractivity contribution >= 4 is 0 Å². The Morgan fingerprint density at radius 2 is 1.10 bits per heavy atom. The summed E-state index contributed by atoms with van der Waals surface area (Å²) < 4.78 is 12.0. The maximum atomic E-state index is 6.07. The second-order valence-corrected chi connectivity index (χ2v) is 8.44. The summed E-state index contributed by atoms with van der Waals surface area (Å²) in [7, 11) is 0. The average molecular weight is 411 g/mol. The molecule has 2 nitrogen and oxygen atoms in total. The van der Waals surface area contributed by atoms with E-state index < -0.39 is 0 Å². The van der Waals surface area contributed by atoms with E-state index in [1.807, 2.05) is 0 Å². The van der Waals surface area contributed by atoms with Crippen LogP contribution in [0.3, 0.4) is 0 Å². The molecule has 2 heteroatoms. The van der Waals surface area contributed by atoms with Crippen molar-refractivity contribution in [3.05, 3.63) is 48.5 Å². The topological polar surface area (TPSA) is 18.5 Å². The molecule has 0 heterocycles. The lowest BCUT2D eigenvalue weighted by atomic mass is 10.1. The van der Waals surface area contributed by atoms with E-state index in [2.05, 4.69) is 69.3 Å². The first kappa shape index (κ1) is 24.3. The fourth-order valence-electron chi connectivity index (χ4n) is 3.69. The van der Waals surface area contributed by atoms with E-state index in [9.17, 15) is 0 Å². The van der Waals surface area contributed by atoms with Gasteiger partial charge in [0.05, 0.1) is 12.7 Å². The van der Waals surface area contributed by atoms with Crippen LogP contribution >= 0.6 is 0 Å². The van der Waals surface area contributed by atoms with Gasteiger partial charge < -0.3 is 9.47 Å². The summed E-state index contributed by atoms with van der Waals surface area (Å²) in [4.78, 5) is 0. The molecule has 2 aromatic rings. The zero-order valence-corrected chi connectivity index (χ0v) is 19.5. The van der Waals surface area contributed by atoms with Crippen LogP contribution in [-0.2, 0) is 0 Å². The van der Waals surface area contributed by atoms with Crippen molar-refractivity contribution in [3.63, 3.8) is 0 Å². The van der Waals surface area contributed by atoms with E-state index in [0.29, 0.717) is 0 Å². The fourth-order valence-corrected chi connectivity index (χ4v) is 3.69. The Hall–Kier alpha value is -1.96. The molecule has 0 bridgehead atoms. The minimum absolute atomic E-state index is 0.274. The first-order valence-electron chi connectivity index (χ1n) is 12.2. The molecule has 0 aromatic heterocycles. The normalized spacial score (nSPS) is 12.0. The van der Waals surface area contributed by atoms with Crippen LogP contribution in [0.15, 0.2) is 48.5 Å². The minimum Gasteiger partial charge on any atom is -0.494 e. The van der Waals surface area contributed by atoms with Crippen LogP contribution in [0.4, 0.5) is 0 Å². The van der Waals surface area contributed by atoms with Crippen LogP contribution in [0.1, 0.15) is 91.4 Å². The van der Waals surface area contributed by atoms with Crippen LogP contribution < -0.4 is 9.47 Å². The van der Waals surface area contributed by atoms with Gasteiger partial charge in [-0.2, -0.15) is 0 Å². The Balaban J connectivity index is 1.73. The SMILES string of the molecule is CCCCCCCCOc1ccc(-c2ccc(OC(C)CCCCCC)cc2)cc1. The number of hydrogen-bond donors (Lipinski definition) is 0. The zero-order chi connectivity index (χ0) is 21.4. The van der Waals surface area contributed by atoms with Crippen molar-refractivity contribution in [2.75, 3.05) is 6.61 Å².